The molecule has 5 rings (SSSR count). The topological polar surface area (TPSA) is 183 Å². The summed E-state index contributed by atoms with van der Waals surface area (Å²) in [6, 6.07) is 12.7. The highest BCUT2D eigenvalue weighted by Gasteiger charge is 2.44. The predicted molar refractivity (Wildman–Crippen MR) is 236 cm³/mol. The van der Waals surface area contributed by atoms with E-state index >= 15 is 0 Å². The first-order chi connectivity index (χ1) is 31.5. The zero-order valence-corrected chi connectivity index (χ0v) is 38.0. The number of ether oxygens (including phenoxy) is 2. The number of rotatable bonds is 17. The molecule has 4 N–H and O–H groups in total. The number of likely N-dealkylation sites (tertiary alicyclic amines) is 1. The summed E-state index contributed by atoms with van der Waals surface area (Å²) in [5, 5.41) is 28.5. The summed E-state index contributed by atoms with van der Waals surface area (Å²) in [5.74, 6) is -2.19. The number of thiazole rings is 1. The number of halogens is 6. The minimum Gasteiger partial charge on any atom is -0.493 e. The maximum atomic E-state index is 14.0. The number of aliphatic hydroxyl groups excluding tert-OH is 1. The van der Waals surface area contributed by atoms with E-state index in [1.807, 2.05) is 31.2 Å². The Balaban J connectivity index is 1.10. The zero-order chi connectivity index (χ0) is 49.3. The molecule has 2 heterocycles. The number of nitrogens with zero attached hydrogens (tertiary/aromatic N) is 3. The van der Waals surface area contributed by atoms with E-state index in [0.717, 1.165) is 21.7 Å². The predicted octanol–water partition coefficient (Wildman–Crippen LogP) is 7.75. The van der Waals surface area contributed by atoms with E-state index in [4.69, 9.17) is 9.47 Å². The van der Waals surface area contributed by atoms with Gasteiger partial charge in [0.05, 0.1) is 40.4 Å². The van der Waals surface area contributed by atoms with Crippen LogP contribution in [0.1, 0.15) is 80.0 Å². The lowest BCUT2D eigenvalue weighted by atomic mass is 9.85. The van der Waals surface area contributed by atoms with E-state index in [0.29, 0.717) is 18.6 Å². The smallest absolute Gasteiger partial charge is 0.416 e. The van der Waals surface area contributed by atoms with Gasteiger partial charge in [0, 0.05) is 38.0 Å². The van der Waals surface area contributed by atoms with Gasteiger partial charge in [-0.2, -0.15) is 31.6 Å². The lowest BCUT2D eigenvalue weighted by molar-refractivity contribution is -0.144. The molecule has 1 fully saturated rings. The number of nitriles is 1. The number of amides is 4. The summed E-state index contributed by atoms with van der Waals surface area (Å²) in [4.78, 5) is 60.1. The molecule has 20 heteroatoms. The first kappa shape index (κ1) is 51.5. The van der Waals surface area contributed by atoms with Gasteiger partial charge in [-0.05, 0) is 72.2 Å². The van der Waals surface area contributed by atoms with Gasteiger partial charge in [-0.15, -0.1) is 11.3 Å². The van der Waals surface area contributed by atoms with Gasteiger partial charge >= 0.3 is 12.4 Å². The second-order valence-corrected chi connectivity index (χ2v) is 17.7. The number of β-amino-alcohol motifs (C(OH)–C–C–N with tert-alkyl or cyclic N) is 1. The van der Waals surface area contributed by atoms with Crippen LogP contribution in [0, 0.1) is 23.7 Å². The summed E-state index contributed by atoms with van der Waals surface area (Å²) in [6.45, 7) is 6.68. The Morgan fingerprint density at radius 3 is 2.30 bits per heavy atom. The monoisotopic (exact) mass is 956 g/mol. The van der Waals surface area contributed by atoms with E-state index in [1.54, 1.807) is 32.4 Å². The first-order valence-electron chi connectivity index (χ1n) is 21.0. The largest absolute Gasteiger partial charge is 0.493 e. The number of methoxy groups -OCH3 is 1. The van der Waals surface area contributed by atoms with Crippen molar-refractivity contribution in [1.82, 2.24) is 25.8 Å². The highest BCUT2D eigenvalue weighted by Crippen LogP contribution is 2.39. The molecular formula is C47H50F6N6O7S. The van der Waals surface area contributed by atoms with Crippen LogP contribution in [0.4, 0.5) is 26.3 Å². The lowest BCUT2D eigenvalue weighted by Crippen LogP contribution is -2.57. The van der Waals surface area contributed by atoms with Gasteiger partial charge < -0.3 is 35.4 Å². The third-order valence-corrected chi connectivity index (χ3v) is 11.8. The van der Waals surface area contributed by atoms with Crippen molar-refractivity contribution in [3.63, 3.8) is 0 Å². The molecule has 0 bridgehead atoms. The van der Waals surface area contributed by atoms with Crippen LogP contribution in [0.2, 0.25) is 0 Å². The van der Waals surface area contributed by atoms with Crippen molar-refractivity contribution in [3.8, 4) is 28.0 Å². The summed E-state index contributed by atoms with van der Waals surface area (Å²) < 4.78 is 90.9. The van der Waals surface area contributed by atoms with Gasteiger partial charge in [-0.1, -0.05) is 57.2 Å². The quantitative estimate of drug-likeness (QED) is 0.0356. The molecular weight excluding hydrogens is 907 g/mol. The van der Waals surface area contributed by atoms with Gasteiger partial charge in [0.15, 0.2) is 11.5 Å². The van der Waals surface area contributed by atoms with Crippen LogP contribution in [0.15, 0.2) is 71.7 Å². The molecule has 67 heavy (non-hydrogen) atoms. The van der Waals surface area contributed by atoms with Crippen molar-refractivity contribution in [3.05, 3.63) is 105 Å². The molecule has 0 unspecified atom stereocenters. The average molecular weight is 957 g/mol. The van der Waals surface area contributed by atoms with Crippen LogP contribution in [-0.2, 0) is 44.7 Å². The fourth-order valence-electron chi connectivity index (χ4n) is 7.23. The molecule has 1 aliphatic heterocycles. The van der Waals surface area contributed by atoms with Gasteiger partial charge in [0.2, 0.25) is 17.7 Å². The Hall–Kier alpha value is -6.46. The highest BCUT2D eigenvalue weighted by atomic mass is 32.1. The summed E-state index contributed by atoms with van der Waals surface area (Å²) in [6.07, 6.45) is -9.17. The number of unbranched alkanes of at least 4 members (excludes halogenated alkanes) is 1. The number of nitrogens with one attached hydrogen (secondary N) is 3. The number of alkyl halides is 6. The Bertz CT molecular complexity index is 2500. The van der Waals surface area contributed by atoms with Gasteiger partial charge in [-0.3, -0.25) is 19.2 Å². The first-order valence-corrected chi connectivity index (χ1v) is 21.9. The number of benzene rings is 3. The molecule has 0 radical (unpaired) electrons. The van der Waals surface area contributed by atoms with E-state index in [9.17, 15) is 55.9 Å². The van der Waals surface area contributed by atoms with Crippen molar-refractivity contribution in [2.24, 2.45) is 5.41 Å². The Labute approximate surface area is 387 Å². The van der Waals surface area contributed by atoms with Crippen LogP contribution in [0.3, 0.4) is 0 Å². The van der Waals surface area contributed by atoms with Crippen LogP contribution >= 0.6 is 11.3 Å². The number of carbonyl (C=O) groups is 4. The van der Waals surface area contributed by atoms with E-state index in [-0.39, 0.29) is 67.6 Å². The number of aromatic nitrogens is 1. The molecule has 3 atom stereocenters. The number of aryl methyl sites for hydroxylation is 1. The Morgan fingerprint density at radius 2 is 1.69 bits per heavy atom. The lowest BCUT2D eigenvalue weighted by Gasteiger charge is -2.35. The van der Waals surface area contributed by atoms with Crippen LogP contribution in [0.25, 0.3) is 16.5 Å². The maximum Gasteiger partial charge on any atom is 0.416 e. The number of carbonyl (C=O) groups excluding carboxylic acids is 4. The summed E-state index contributed by atoms with van der Waals surface area (Å²) in [7, 11) is 1.23. The van der Waals surface area contributed by atoms with Crippen molar-refractivity contribution in [2.45, 2.75) is 97.1 Å². The molecule has 4 amide bonds. The third kappa shape index (κ3) is 13.8. The highest BCUT2D eigenvalue weighted by molar-refractivity contribution is 7.13. The Kier molecular flexibility index (Phi) is 16.8. The maximum absolute atomic E-state index is 14.0. The van der Waals surface area contributed by atoms with Crippen LogP contribution in [-0.4, -0.2) is 77.0 Å². The second-order valence-electron chi connectivity index (χ2n) is 16.9. The van der Waals surface area contributed by atoms with Gasteiger partial charge in [-0.25, -0.2) is 4.98 Å². The number of aliphatic hydroxyl groups is 1. The number of hydrogen-bond acceptors (Lipinski definition) is 10. The van der Waals surface area contributed by atoms with E-state index in [1.165, 1.54) is 47.6 Å². The third-order valence-electron chi connectivity index (χ3n) is 10.8. The zero-order valence-electron chi connectivity index (χ0n) is 37.2. The van der Waals surface area contributed by atoms with Crippen molar-refractivity contribution in [1.29, 1.82) is 5.26 Å². The van der Waals surface area contributed by atoms with Crippen molar-refractivity contribution in [2.75, 3.05) is 20.2 Å². The average Bonchev–Trinajstić information content (AvgIpc) is 3.89. The molecule has 358 valence electrons. The molecule has 13 nitrogen and oxygen atoms in total. The minimum absolute atomic E-state index is 0.000150. The fraction of sp³-hybridized carbons (Fsp3) is 0.404. The SMILES string of the molecule is COc1cc(/C=C(\C#N)C(=O)NCCCCC(=O)N[C@H](C(=O)N2C[C@@H](O)C[C@H]2C(=O)NCc2ccc(-c3scnc3C)cc2)C(C)(C)C)ccc1OCc1ccc(C(F)(F)F)cc1C(F)(F)F. The fourth-order valence-corrected chi connectivity index (χ4v) is 8.04. The van der Waals surface area contributed by atoms with Crippen molar-refractivity contribution < 1.29 is 60.1 Å². The van der Waals surface area contributed by atoms with Gasteiger partial charge in [0.25, 0.3) is 5.91 Å². The molecule has 3 aromatic carbocycles. The number of hydrogen-bond donors (Lipinski definition) is 4. The minimum atomic E-state index is -5.09. The standard InChI is InChI=1S/C47H50F6N6O7S/c1-27-40(67-26-57-27)30-12-9-28(10-13-30)23-56-43(63)36-21-34(60)24-59(36)44(64)41(45(2,3)4)58-39(61)8-6-7-17-55-42(62)32(22-54)18-29-11-16-37(38(19-29)65-5)66-25-31-14-15-33(46(48,49)50)20-35(31)47(51,52)53/h9-16,18-20,26,34,36,41,60H,6-8,17,21,23-25H2,1-5H3,(H,55,62)(H,56,63)(H,58,61)/b32-18+/t34-,36-,41+/m0/s1. The molecule has 0 spiro atoms. The molecule has 1 aromatic heterocycles. The summed E-state index contributed by atoms with van der Waals surface area (Å²) in [5.41, 5.74) is 0.221. The molecule has 4 aromatic rings. The molecule has 0 aliphatic carbocycles. The van der Waals surface area contributed by atoms with Crippen LogP contribution < -0.4 is 25.4 Å². The molecule has 1 saturated heterocycles. The van der Waals surface area contributed by atoms with E-state index in [2.05, 4.69) is 20.9 Å². The van der Waals surface area contributed by atoms with Crippen LogP contribution in [0.5, 0.6) is 11.5 Å². The molecule has 0 saturated carbocycles. The Morgan fingerprint density at radius 1 is 0.970 bits per heavy atom. The van der Waals surface area contributed by atoms with Gasteiger partial charge in [0.1, 0.15) is 30.3 Å². The van der Waals surface area contributed by atoms with Crippen molar-refractivity contribution >= 4 is 41.0 Å². The molecule has 1 aliphatic rings. The summed E-state index contributed by atoms with van der Waals surface area (Å²) >= 11 is 1.54. The second kappa shape index (κ2) is 21.9. The van der Waals surface area contributed by atoms with E-state index < -0.39 is 82.9 Å². The normalized spacial score (nSPS) is 15.9.